The summed E-state index contributed by atoms with van der Waals surface area (Å²) in [6.07, 6.45) is 4.87. The summed E-state index contributed by atoms with van der Waals surface area (Å²) in [6, 6.07) is 15.1. The van der Waals surface area contributed by atoms with Crippen molar-refractivity contribution in [2.75, 3.05) is 50.0 Å². The fraction of sp³-hybridized carbons (Fsp3) is 0.588. The fourth-order valence-corrected chi connectivity index (χ4v) is 6.60. The Morgan fingerprint density at radius 3 is 2.61 bits per heavy atom. The lowest BCUT2D eigenvalue weighted by Crippen LogP contribution is -2.44. The average molecular weight is 605 g/mol. The maximum Gasteiger partial charge on any atom is 0.410 e. The molecule has 0 bridgehead atoms. The highest BCUT2D eigenvalue weighted by molar-refractivity contribution is 5.98. The van der Waals surface area contributed by atoms with E-state index in [1.165, 1.54) is 11.1 Å². The summed E-state index contributed by atoms with van der Waals surface area (Å²) in [5, 5.41) is 24.3. The minimum Gasteiger partial charge on any atom is -0.444 e. The molecule has 0 radical (unpaired) electrons. The second-order valence-corrected chi connectivity index (χ2v) is 13.5. The van der Waals surface area contributed by atoms with Crippen molar-refractivity contribution >= 4 is 28.5 Å². The molecule has 238 valence electrons. The van der Waals surface area contributed by atoms with Crippen LogP contribution in [0.3, 0.4) is 0 Å². The maximum absolute atomic E-state index is 12.6. The molecule has 3 aliphatic rings. The van der Waals surface area contributed by atoms with Crippen LogP contribution in [0.15, 0.2) is 42.5 Å². The molecule has 2 atom stereocenters. The lowest BCUT2D eigenvalue weighted by molar-refractivity contribution is -0.0364. The normalized spacial score (nSPS) is 20.7. The van der Waals surface area contributed by atoms with Crippen LogP contribution < -0.4 is 10.6 Å². The summed E-state index contributed by atoms with van der Waals surface area (Å²) >= 11 is 0. The highest BCUT2D eigenvalue weighted by Gasteiger charge is 2.29. The Morgan fingerprint density at radius 2 is 1.86 bits per heavy atom. The molecular weight excluding hydrogens is 556 g/mol. The van der Waals surface area contributed by atoms with Crippen LogP contribution in [0, 0.1) is 0 Å². The third-order valence-electron chi connectivity index (χ3n) is 8.85. The van der Waals surface area contributed by atoms with Crippen molar-refractivity contribution < 1.29 is 19.4 Å². The number of carbonyl (C=O) groups is 1. The molecule has 3 N–H and O–H groups in total. The van der Waals surface area contributed by atoms with Gasteiger partial charge in [0.05, 0.1) is 17.3 Å². The molecule has 2 saturated heterocycles. The zero-order chi connectivity index (χ0) is 30.7. The number of aliphatic hydroxyl groups is 1. The van der Waals surface area contributed by atoms with E-state index in [-0.39, 0.29) is 18.4 Å². The van der Waals surface area contributed by atoms with Crippen molar-refractivity contribution in [3.05, 3.63) is 53.6 Å². The van der Waals surface area contributed by atoms with Gasteiger partial charge in [-0.15, -0.1) is 0 Å². The summed E-state index contributed by atoms with van der Waals surface area (Å²) < 4.78 is 13.8. The molecule has 0 saturated carbocycles. The number of nitrogens with zero attached hydrogens (tertiary/aromatic N) is 4. The molecule has 0 aliphatic carbocycles. The van der Waals surface area contributed by atoms with Gasteiger partial charge in [-0.25, -0.2) is 9.48 Å². The van der Waals surface area contributed by atoms with Crippen LogP contribution in [0.2, 0.25) is 0 Å². The van der Waals surface area contributed by atoms with Crippen molar-refractivity contribution in [3.63, 3.8) is 0 Å². The number of hydrogen-bond donors (Lipinski definition) is 3. The first-order chi connectivity index (χ1) is 21.2. The molecule has 6 rings (SSSR count). The van der Waals surface area contributed by atoms with E-state index in [2.05, 4.69) is 58.0 Å². The number of nitrogens with one attached hydrogen (secondary N) is 2. The second kappa shape index (κ2) is 13.3. The molecule has 3 aromatic rings. The zero-order valence-corrected chi connectivity index (χ0v) is 26.4. The minimum absolute atomic E-state index is 0.128. The van der Waals surface area contributed by atoms with E-state index < -0.39 is 11.7 Å². The van der Waals surface area contributed by atoms with E-state index in [1.54, 1.807) is 4.90 Å². The van der Waals surface area contributed by atoms with Crippen LogP contribution in [0.1, 0.15) is 70.2 Å². The van der Waals surface area contributed by atoms with Crippen LogP contribution in [0.25, 0.3) is 10.9 Å². The summed E-state index contributed by atoms with van der Waals surface area (Å²) in [5.74, 6) is 0.764. The van der Waals surface area contributed by atoms with Gasteiger partial charge in [0.15, 0.2) is 12.0 Å². The van der Waals surface area contributed by atoms with Crippen molar-refractivity contribution in [3.8, 4) is 0 Å². The van der Waals surface area contributed by atoms with Crippen molar-refractivity contribution in [1.29, 1.82) is 0 Å². The molecule has 44 heavy (non-hydrogen) atoms. The predicted octanol–water partition coefficient (Wildman–Crippen LogP) is 5.38. The minimum atomic E-state index is -0.525. The Morgan fingerprint density at radius 1 is 1.07 bits per heavy atom. The van der Waals surface area contributed by atoms with Gasteiger partial charge in [-0.2, -0.15) is 5.10 Å². The van der Waals surface area contributed by atoms with Gasteiger partial charge >= 0.3 is 6.09 Å². The van der Waals surface area contributed by atoms with Gasteiger partial charge in [0.1, 0.15) is 5.60 Å². The van der Waals surface area contributed by atoms with Gasteiger partial charge in [-0.1, -0.05) is 30.3 Å². The lowest BCUT2D eigenvalue weighted by Gasteiger charge is -2.34. The molecule has 1 unspecified atom stereocenters. The number of fused-ring (bicyclic) bond motifs is 2. The molecule has 3 aliphatic heterocycles. The number of β-amino-alcohol motifs (C(OH)–C–C–N with tert-alkyl or cyclic N) is 1. The van der Waals surface area contributed by atoms with Crippen molar-refractivity contribution in [2.24, 2.45) is 0 Å². The Labute approximate surface area is 260 Å². The summed E-state index contributed by atoms with van der Waals surface area (Å²) in [7, 11) is 0. The first kappa shape index (κ1) is 30.7. The van der Waals surface area contributed by atoms with E-state index in [4.69, 9.17) is 14.6 Å². The second-order valence-electron chi connectivity index (χ2n) is 13.5. The van der Waals surface area contributed by atoms with Crippen LogP contribution in [-0.4, -0.2) is 87.9 Å². The van der Waals surface area contributed by atoms with Crippen LogP contribution in [-0.2, 0) is 22.4 Å². The number of amides is 1. The highest BCUT2D eigenvalue weighted by atomic mass is 16.6. The molecule has 2 aromatic carbocycles. The molecule has 1 aromatic heterocycles. The monoisotopic (exact) mass is 604 g/mol. The smallest absolute Gasteiger partial charge is 0.410 e. The average Bonchev–Trinajstić information content (AvgIpc) is 3.39. The fourth-order valence-electron chi connectivity index (χ4n) is 6.60. The van der Waals surface area contributed by atoms with Crippen LogP contribution in [0.5, 0.6) is 0 Å². The van der Waals surface area contributed by atoms with Gasteiger partial charge in [0.25, 0.3) is 0 Å². The Balaban J connectivity index is 1.14. The Kier molecular flexibility index (Phi) is 9.30. The number of rotatable bonds is 8. The van der Waals surface area contributed by atoms with Gasteiger partial charge in [-0.05, 0) is 82.6 Å². The molecule has 1 amide bonds. The summed E-state index contributed by atoms with van der Waals surface area (Å²) in [6.45, 7) is 10.6. The SMILES string of the molecule is CC(C)(C)OC(=O)N1CCC(Nc2cccc3c(NC[C@H](O)CN4CCc5ccccc5C4)nn(C4CCCCO4)c23)CC1. The van der Waals surface area contributed by atoms with Gasteiger partial charge in [-0.3, -0.25) is 4.90 Å². The molecule has 0 spiro atoms. The van der Waals surface area contributed by atoms with Gasteiger partial charge < -0.3 is 30.1 Å². The molecular formula is C34H48N6O4. The first-order valence-electron chi connectivity index (χ1n) is 16.3. The Bertz CT molecular complexity index is 1420. The molecule has 10 nitrogen and oxygen atoms in total. The number of anilines is 2. The quantitative estimate of drug-likeness (QED) is 0.315. The van der Waals surface area contributed by atoms with E-state index in [0.29, 0.717) is 26.2 Å². The maximum atomic E-state index is 12.6. The van der Waals surface area contributed by atoms with Crippen molar-refractivity contribution in [2.45, 2.75) is 89.8 Å². The van der Waals surface area contributed by atoms with E-state index in [1.807, 2.05) is 25.5 Å². The number of ether oxygens (including phenoxy) is 2. The van der Waals surface area contributed by atoms with Gasteiger partial charge in [0, 0.05) is 57.3 Å². The Hall–Kier alpha value is -3.34. The van der Waals surface area contributed by atoms with E-state index in [0.717, 1.165) is 80.6 Å². The number of benzene rings is 2. The third-order valence-corrected chi connectivity index (χ3v) is 8.85. The summed E-state index contributed by atoms with van der Waals surface area (Å²) in [4.78, 5) is 16.7. The molecule has 2 fully saturated rings. The highest BCUT2D eigenvalue weighted by Crippen LogP contribution is 2.35. The number of para-hydroxylation sites is 1. The number of likely N-dealkylation sites (tertiary alicyclic amines) is 1. The number of aromatic nitrogens is 2. The van der Waals surface area contributed by atoms with Crippen molar-refractivity contribution in [1.82, 2.24) is 19.6 Å². The molecule has 4 heterocycles. The van der Waals surface area contributed by atoms with E-state index in [9.17, 15) is 9.90 Å². The largest absolute Gasteiger partial charge is 0.444 e. The standard InChI is InChI=1S/C34H48N6O4/c1-34(2,3)44-33(42)39-18-15-26(16-19-39)36-29-12-8-11-28-31(29)40(30-13-6-7-20-43-30)37-32(28)35-21-27(41)23-38-17-14-24-9-4-5-10-25(24)22-38/h4-5,8-12,26-27,30,36,41H,6-7,13-23H2,1-3H3,(H,35,37)/t27-,30?/m0/s1. The van der Waals surface area contributed by atoms with E-state index >= 15 is 0 Å². The molecule has 10 heteroatoms. The van der Waals surface area contributed by atoms with Crippen LogP contribution >= 0.6 is 0 Å². The number of aliphatic hydroxyl groups excluding tert-OH is 1. The number of carbonyl (C=O) groups excluding carboxylic acids is 1. The van der Waals surface area contributed by atoms with Gasteiger partial charge in [0.2, 0.25) is 0 Å². The number of piperidine rings is 1. The lowest BCUT2D eigenvalue weighted by atomic mass is 10.00. The third kappa shape index (κ3) is 7.30. The topological polar surface area (TPSA) is 104 Å². The van der Waals surface area contributed by atoms with Crippen LogP contribution in [0.4, 0.5) is 16.3 Å². The number of hydrogen-bond acceptors (Lipinski definition) is 8. The first-order valence-corrected chi connectivity index (χ1v) is 16.3. The summed E-state index contributed by atoms with van der Waals surface area (Å²) in [5.41, 5.74) is 4.30. The zero-order valence-electron chi connectivity index (χ0n) is 26.4. The predicted molar refractivity (Wildman–Crippen MR) is 173 cm³/mol.